The highest BCUT2D eigenvalue weighted by molar-refractivity contribution is 5.98. The first-order valence-corrected chi connectivity index (χ1v) is 7.23. The topological polar surface area (TPSA) is 99.4 Å². The third-order valence-electron chi connectivity index (χ3n) is 3.33. The van der Waals surface area contributed by atoms with Crippen LogP contribution in [0.2, 0.25) is 0 Å². The van der Waals surface area contributed by atoms with Crippen molar-refractivity contribution >= 4 is 17.6 Å². The van der Waals surface area contributed by atoms with Crippen molar-refractivity contribution in [3.05, 3.63) is 59.2 Å². The second kappa shape index (κ2) is 7.29. The van der Waals surface area contributed by atoms with Gasteiger partial charge in [0.25, 0.3) is 5.91 Å². The summed E-state index contributed by atoms with van der Waals surface area (Å²) >= 11 is 0. The fourth-order valence-electron chi connectivity index (χ4n) is 2.02. The van der Waals surface area contributed by atoms with Gasteiger partial charge in [0.05, 0.1) is 11.3 Å². The molecule has 0 heterocycles. The summed E-state index contributed by atoms with van der Waals surface area (Å²) in [5.41, 5.74) is 1.42. The Hall–Kier alpha value is -3.33. The van der Waals surface area contributed by atoms with Gasteiger partial charge in [-0.05, 0) is 43.7 Å². The molecule has 0 bridgehead atoms. The number of esters is 1. The number of hydrogen-bond acceptors (Lipinski definition) is 5. The molecule has 0 fully saturated rings. The van der Waals surface area contributed by atoms with Gasteiger partial charge in [-0.3, -0.25) is 4.79 Å². The summed E-state index contributed by atoms with van der Waals surface area (Å²) in [6, 6.07) is 13.0. The largest absolute Gasteiger partial charge is 0.507 e. The molecule has 0 radical (unpaired) electrons. The van der Waals surface area contributed by atoms with Gasteiger partial charge >= 0.3 is 5.97 Å². The average molecular weight is 324 g/mol. The van der Waals surface area contributed by atoms with Gasteiger partial charge in [-0.15, -0.1) is 0 Å². The van der Waals surface area contributed by atoms with Crippen molar-refractivity contribution < 1.29 is 19.4 Å². The lowest BCUT2D eigenvalue weighted by molar-refractivity contribution is -0.123. The molecule has 0 saturated carbocycles. The number of benzene rings is 2. The van der Waals surface area contributed by atoms with Gasteiger partial charge in [-0.1, -0.05) is 18.2 Å². The van der Waals surface area contributed by atoms with E-state index in [4.69, 9.17) is 10.00 Å². The minimum absolute atomic E-state index is 0.0160. The number of rotatable bonds is 4. The molecule has 2 rings (SSSR count). The third-order valence-corrected chi connectivity index (χ3v) is 3.33. The molecule has 24 heavy (non-hydrogen) atoms. The van der Waals surface area contributed by atoms with Crippen LogP contribution in [0.4, 0.5) is 5.69 Å². The number of hydrogen-bond donors (Lipinski definition) is 2. The maximum atomic E-state index is 12.1. The van der Waals surface area contributed by atoms with Gasteiger partial charge in [0.1, 0.15) is 17.4 Å². The molecule has 1 atom stereocenters. The standard InChI is InChI=1S/C18H16N2O4/c1-11-7-8-14(16(21)9-11)18(23)24-12(2)17(22)20-15-6-4-3-5-13(15)10-19/h3-9,12,21H,1-2H3,(H,20,22)/t12-/m0/s1. The van der Waals surface area contributed by atoms with Crippen LogP contribution in [-0.2, 0) is 9.53 Å². The molecule has 6 nitrogen and oxygen atoms in total. The molecule has 2 aromatic rings. The number of nitriles is 1. The summed E-state index contributed by atoms with van der Waals surface area (Å²) in [6.45, 7) is 3.19. The highest BCUT2D eigenvalue weighted by atomic mass is 16.5. The zero-order chi connectivity index (χ0) is 17.7. The molecule has 0 aliphatic rings. The van der Waals surface area contributed by atoms with Gasteiger partial charge in [0.15, 0.2) is 6.10 Å². The van der Waals surface area contributed by atoms with Gasteiger partial charge in [0, 0.05) is 0 Å². The predicted octanol–water partition coefficient (Wildman–Crippen LogP) is 2.76. The first-order chi connectivity index (χ1) is 11.4. The Kier molecular flexibility index (Phi) is 5.17. The van der Waals surface area contributed by atoms with Crippen LogP contribution in [0.1, 0.15) is 28.4 Å². The normalized spacial score (nSPS) is 11.2. The van der Waals surface area contributed by atoms with Crippen LogP contribution >= 0.6 is 0 Å². The maximum absolute atomic E-state index is 12.1. The quantitative estimate of drug-likeness (QED) is 0.842. The Balaban J connectivity index is 2.06. The monoisotopic (exact) mass is 324 g/mol. The molecule has 2 aromatic carbocycles. The molecule has 0 aliphatic carbocycles. The van der Waals surface area contributed by atoms with Crippen molar-refractivity contribution in [3.63, 3.8) is 0 Å². The highest BCUT2D eigenvalue weighted by Crippen LogP contribution is 2.20. The molecule has 0 unspecified atom stereocenters. The van der Waals surface area contributed by atoms with Crippen molar-refractivity contribution in [1.82, 2.24) is 0 Å². The number of carbonyl (C=O) groups is 2. The Labute approximate surface area is 139 Å². The Morgan fingerprint density at radius 2 is 1.96 bits per heavy atom. The van der Waals surface area contributed by atoms with E-state index in [0.29, 0.717) is 11.3 Å². The summed E-state index contributed by atoms with van der Waals surface area (Å²) in [5, 5.41) is 21.3. The van der Waals surface area contributed by atoms with E-state index in [1.807, 2.05) is 6.07 Å². The molecule has 0 spiro atoms. The van der Waals surface area contributed by atoms with Crippen LogP contribution in [0.25, 0.3) is 0 Å². The van der Waals surface area contributed by atoms with Crippen LogP contribution in [-0.4, -0.2) is 23.1 Å². The van der Waals surface area contributed by atoms with Gasteiger partial charge < -0.3 is 15.2 Å². The number of ether oxygens (including phenoxy) is 1. The molecule has 2 N–H and O–H groups in total. The van der Waals surface area contributed by atoms with E-state index in [1.165, 1.54) is 19.1 Å². The van der Waals surface area contributed by atoms with E-state index in [2.05, 4.69) is 5.32 Å². The summed E-state index contributed by atoms with van der Waals surface area (Å²) in [7, 11) is 0. The summed E-state index contributed by atoms with van der Waals surface area (Å²) in [4.78, 5) is 24.2. The lowest BCUT2D eigenvalue weighted by Crippen LogP contribution is -2.30. The van der Waals surface area contributed by atoms with Crippen LogP contribution < -0.4 is 5.32 Å². The minimum atomic E-state index is -1.09. The SMILES string of the molecule is Cc1ccc(C(=O)O[C@@H](C)C(=O)Nc2ccccc2C#N)c(O)c1. The predicted molar refractivity (Wildman–Crippen MR) is 87.5 cm³/mol. The van der Waals surface area contributed by atoms with Crippen LogP contribution in [0.15, 0.2) is 42.5 Å². The van der Waals surface area contributed by atoms with Gasteiger partial charge in [0.2, 0.25) is 0 Å². The Morgan fingerprint density at radius 1 is 1.25 bits per heavy atom. The van der Waals surface area contributed by atoms with Crippen molar-refractivity contribution in [2.45, 2.75) is 20.0 Å². The molecular formula is C18H16N2O4. The third kappa shape index (κ3) is 3.90. The zero-order valence-electron chi connectivity index (χ0n) is 13.2. The van der Waals surface area contributed by atoms with Gasteiger partial charge in [-0.2, -0.15) is 5.26 Å². The number of nitrogens with one attached hydrogen (secondary N) is 1. The zero-order valence-corrected chi connectivity index (χ0v) is 13.2. The number of carbonyl (C=O) groups excluding carboxylic acids is 2. The second-order valence-electron chi connectivity index (χ2n) is 5.21. The lowest BCUT2D eigenvalue weighted by atomic mass is 10.1. The number of para-hydroxylation sites is 1. The fourth-order valence-corrected chi connectivity index (χ4v) is 2.02. The van der Waals surface area contributed by atoms with E-state index in [9.17, 15) is 14.7 Å². The van der Waals surface area contributed by atoms with E-state index >= 15 is 0 Å². The van der Waals surface area contributed by atoms with Crippen molar-refractivity contribution in [2.75, 3.05) is 5.32 Å². The first-order valence-electron chi connectivity index (χ1n) is 7.23. The second-order valence-corrected chi connectivity index (χ2v) is 5.21. The van der Waals surface area contributed by atoms with Crippen LogP contribution in [0.5, 0.6) is 5.75 Å². The average Bonchev–Trinajstić information content (AvgIpc) is 2.55. The van der Waals surface area contributed by atoms with Gasteiger partial charge in [-0.25, -0.2) is 4.79 Å². The molecule has 1 amide bonds. The number of phenolic OH excluding ortho intramolecular Hbond substituents is 1. The van der Waals surface area contributed by atoms with Crippen molar-refractivity contribution in [2.24, 2.45) is 0 Å². The molecular weight excluding hydrogens is 308 g/mol. The highest BCUT2D eigenvalue weighted by Gasteiger charge is 2.21. The van der Waals surface area contributed by atoms with E-state index < -0.39 is 18.0 Å². The molecule has 0 aromatic heterocycles. The number of nitrogens with zero attached hydrogens (tertiary/aromatic N) is 1. The molecule has 0 aliphatic heterocycles. The smallest absolute Gasteiger partial charge is 0.342 e. The minimum Gasteiger partial charge on any atom is -0.507 e. The summed E-state index contributed by atoms with van der Waals surface area (Å²) in [6.07, 6.45) is -1.09. The van der Waals surface area contributed by atoms with Crippen LogP contribution in [0, 0.1) is 18.3 Å². The Morgan fingerprint density at radius 3 is 2.62 bits per heavy atom. The molecule has 0 saturated heterocycles. The van der Waals surface area contributed by atoms with Crippen molar-refractivity contribution in [3.8, 4) is 11.8 Å². The number of phenols is 1. The number of aromatic hydroxyl groups is 1. The number of aryl methyl sites for hydroxylation is 1. The van der Waals surface area contributed by atoms with E-state index in [0.717, 1.165) is 5.56 Å². The first kappa shape index (κ1) is 17.0. The summed E-state index contributed by atoms with van der Waals surface area (Å²) < 4.78 is 5.07. The number of amides is 1. The molecule has 6 heteroatoms. The summed E-state index contributed by atoms with van der Waals surface area (Å²) in [5.74, 6) is -1.58. The maximum Gasteiger partial charge on any atom is 0.342 e. The number of anilines is 1. The fraction of sp³-hybridized carbons (Fsp3) is 0.167. The van der Waals surface area contributed by atoms with Crippen LogP contribution in [0.3, 0.4) is 0 Å². The Bertz CT molecular complexity index is 824. The lowest BCUT2D eigenvalue weighted by Gasteiger charge is -2.14. The van der Waals surface area contributed by atoms with E-state index in [-0.39, 0.29) is 11.3 Å². The molecule has 122 valence electrons. The van der Waals surface area contributed by atoms with E-state index in [1.54, 1.807) is 37.3 Å². The van der Waals surface area contributed by atoms with Crippen molar-refractivity contribution in [1.29, 1.82) is 5.26 Å².